The Morgan fingerprint density at radius 1 is 1.69 bits per heavy atom. The highest BCUT2D eigenvalue weighted by molar-refractivity contribution is 6.31. The van der Waals surface area contributed by atoms with Crippen LogP contribution in [0.1, 0.15) is 23.7 Å². The Balaban J connectivity index is 2.74. The minimum atomic E-state index is -0.546. The number of hydrogen-bond donors (Lipinski definition) is 1. The molecule has 0 aliphatic heterocycles. The summed E-state index contributed by atoms with van der Waals surface area (Å²) in [7, 11) is 0. The molecule has 0 bridgehead atoms. The van der Waals surface area contributed by atoms with E-state index < -0.39 is 5.82 Å². The zero-order valence-corrected chi connectivity index (χ0v) is 9.51. The molecule has 0 spiro atoms. The summed E-state index contributed by atoms with van der Waals surface area (Å²) < 4.78 is 12.9. The van der Waals surface area contributed by atoms with Crippen LogP contribution in [0.25, 0.3) is 0 Å². The van der Waals surface area contributed by atoms with E-state index in [1.807, 2.05) is 0 Å². The first-order valence-corrected chi connectivity index (χ1v) is 5.11. The molecule has 4 heteroatoms. The van der Waals surface area contributed by atoms with Crippen molar-refractivity contribution in [2.24, 2.45) is 0 Å². The Kier molecular flexibility index (Phi) is 4.33. The molecule has 1 amide bonds. The molecule has 1 N–H and O–H groups in total. The fourth-order valence-electron chi connectivity index (χ4n) is 1.17. The third kappa shape index (κ3) is 3.25. The molecule has 0 saturated carbocycles. The molecule has 0 heterocycles. The molecule has 1 rings (SSSR count). The molecule has 0 aliphatic rings. The summed E-state index contributed by atoms with van der Waals surface area (Å²) in [6.07, 6.45) is 5.56. The summed E-state index contributed by atoms with van der Waals surface area (Å²) in [5, 5.41) is 2.61. The first-order chi connectivity index (χ1) is 7.54. The zero-order valence-electron chi connectivity index (χ0n) is 8.76. The van der Waals surface area contributed by atoms with E-state index >= 15 is 0 Å². The lowest BCUT2D eigenvalue weighted by atomic mass is 10.2. The van der Waals surface area contributed by atoms with Gasteiger partial charge in [-0.1, -0.05) is 11.6 Å². The highest BCUT2D eigenvalue weighted by Gasteiger charge is 2.10. The lowest BCUT2D eigenvalue weighted by Crippen LogP contribution is -2.32. The third-order valence-electron chi connectivity index (χ3n) is 1.98. The molecule has 0 radical (unpaired) electrons. The largest absolute Gasteiger partial charge is 0.349 e. The fraction of sp³-hybridized carbons (Fsp3) is 0.250. The standard InChI is InChI=1S/C12H11ClFNO/c1-3-4-8(2)15-12(16)9-5-6-11(14)10(13)7-9/h1,5-8H,4H2,2H3,(H,15,16). The molecule has 0 saturated heterocycles. The van der Waals surface area contributed by atoms with Gasteiger partial charge in [-0.3, -0.25) is 4.79 Å². The Morgan fingerprint density at radius 3 is 2.94 bits per heavy atom. The van der Waals surface area contributed by atoms with Gasteiger partial charge in [0.1, 0.15) is 5.82 Å². The van der Waals surface area contributed by atoms with Crippen LogP contribution >= 0.6 is 11.6 Å². The molecular weight excluding hydrogens is 229 g/mol. The number of rotatable bonds is 3. The Bertz CT molecular complexity index is 439. The second kappa shape index (κ2) is 5.53. The third-order valence-corrected chi connectivity index (χ3v) is 2.27. The second-order valence-electron chi connectivity index (χ2n) is 3.41. The maximum atomic E-state index is 12.9. The van der Waals surface area contributed by atoms with E-state index in [2.05, 4.69) is 11.2 Å². The Labute approximate surface area is 98.8 Å². The van der Waals surface area contributed by atoms with Crippen LogP contribution in [0.15, 0.2) is 18.2 Å². The van der Waals surface area contributed by atoms with E-state index in [0.717, 1.165) is 6.07 Å². The number of terminal acetylenes is 1. The highest BCUT2D eigenvalue weighted by atomic mass is 35.5. The van der Waals surface area contributed by atoms with Crippen molar-refractivity contribution in [1.29, 1.82) is 0 Å². The average molecular weight is 240 g/mol. The molecule has 1 aromatic rings. The molecule has 1 atom stereocenters. The van der Waals surface area contributed by atoms with Gasteiger partial charge < -0.3 is 5.32 Å². The van der Waals surface area contributed by atoms with E-state index in [0.29, 0.717) is 12.0 Å². The Morgan fingerprint density at radius 2 is 2.38 bits per heavy atom. The summed E-state index contributed by atoms with van der Waals surface area (Å²) in [6.45, 7) is 1.79. The molecule has 0 fully saturated rings. The van der Waals surface area contributed by atoms with Crippen molar-refractivity contribution < 1.29 is 9.18 Å². The van der Waals surface area contributed by atoms with Gasteiger partial charge in [-0.15, -0.1) is 12.3 Å². The lowest BCUT2D eigenvalue weighted by molar-refractivity contribution is 0.0941. The van der Waals surface area contributed by atoms with Crippen molar-refractivity contribution in [2.75, 3.05) is 0 Å². The van der Waals surface area contributed by atoms with Crippen LogP contribution in [-0.2, 0) is 0 Å². The highest BCUT2D eigenvalue weighted by Crippen LogP contribution is 2.16. The van der Waals surface area contributed by atoms with Crippen molar-refractivity contribution in [1.82, 2.24) is 5.32 Å². The van der Waals surface area contributed by atoms with Crippen molar-refractivity contribution in [3.05, 3.63) is 34.6 Å². The smallest absolute Gasteiger partial charge is 0.251 e. The number of nitrogens with one attached hydrogen (secondary N) is 1. The van der Waals surface area contributed by atoms with Crippen LogP contribution in [0.2, 0.25) is 5.02 Å². The predicted octanol–water partition coefficient (Wildman–Crippen LogP) is 2.62. The zero-order chi connectivity index (χ0) is 12.1. The van der Waals surface area contributed by atoms with Gasteiger partial charge in [0.05, 0.1) is 5.02 Å². The monoisotopic (exact) mass is 239 g/mol. The topological polar surface area (TPSA) is 29.1 Å². The van der Waals surface area contributed by atoms with E-state index in [9.17, 15) is 9.18 Å². The van der Waals surface area contributed by atoms with Gasteiger partial charge >= 0.3 is 0 Å². The summed E-state index contributed by atoms with van der Waals surface area (Å²) >= 11 is 5.57. The molecule has 84 valence electrons. The normalized spacial score (nSPS) is 11.6. The summed E-state index contributed by atoms with van der Waals surface area (Å²) in [5.74, 6) is 1.58. The molecule has 1 aromatic carbocycles. The number of benzene rings is 1. The average Bonchev–Trinajstić information content (AvgIpc) is 2.22. The molecule has 0 aliphatic carbocycles. The fourth-order valence-corrected chi connectivity index (χ4v) is 1.35. The number of halogens is 2. The molecule has 16 heavy (non-hydrogen) atoms. The van der Waals surface area contributed by atoms with Crippen molar-refractivity contribution >= 4 is 17.5 Å². The Hall–Kier alpha value is -1.53. The molecular formula is C12H11ClFNO. The number of carbonyl (C=O) groups excluding carboxylic acids is 1. The number of hydrogen-bond acceptors (Lipinski definition) is 1. The van der Waals surface area contributed by atoms with Gasteiger partial charge in [-0.25, -0.2) is 4.39 Å². The van der Waals surface area contributed by atoms with E-state index in [1.165, 1.54) is 12.1 Å². The summed E-state index contributed by atoms with van der Waals surface area (Å²) in [4.78, 5) is 11.6. The van der Waals surface area contributed by atoms with Gasteiger partial charge in [0.2, 0.25) is 0 Å². The van der Waals surface area contributed by atoms with Crippen LogP contribution in [0.5, 0.6) is 0 Å². The van der Waals surface area contributed by atoms with Crippen LogP contribution in [0.3, 0.4) is 0 Å². The lowest BCUT2D eigenvalue weighted by Gasteiger charge is -2.10. The van der Waals surface area contributed by atoms with E-state index in [1.54, 1.807) is 6.92 Å². The van der Waals surface area contributed by atoms with Crippen LogP contribution in [-0.4, -0.2) is 11.9 Å². The van der Waals surface area contributed by atoms with E-state index in [-0.39, 0.29) is 17.0 Å². The van der Waals surface area contributed by atoms with Gasteiger partial charge in [-0.2, -0.15) is 0 Å². The predicted molar refractivity (Wildman–Crippen MR) is 61.8 cm³/mol. The van der Waals surface area contributed by atoms with E-state index in [4.69, 9.17) is 18.0 Å². The van der Waals surface area contributed by atoms with Crippen molar-refractivity contribution in [3.8, 4) is 12.3 Å². The maximum absolute atomic E-state index is 12.9. The SMILES string of the molecule is C#CCC(C)NC(=O)c1ccc(F)c(Cl)c1. The van der Waals surface area contributed by atoms with Crippen LogP contribution in [0, 0.1) is 18.2 Å². The summed E-state index contributed by atoms with van der Waals surface area (Å²) in [6, 6.07) is 3.69. The summed E-state index contributed by atoms with van der Waals surface area (Å²) in [5.41, 5.74) is 0.315. The first kappa shape index (κ1) is 12.5. The number of carbonyl (C=O) groups is 1. The van der Waals surface area contributed by atoms with Crippen molar-refractivity contribution in [3.63, 3.8) is 0 Å². The second-order valence-corrected chi connectivity index (χ2v) is 3.82. The maximum Gasteiger partial charge on any atom is 0.251 e. The number of amides is 1. The molecule has 2 nitrogen and oxygen atoms in total. The molecule has 0 aromatic heterocycles. The minimum Gasteiger partial charge on any atom is -0.349 e. The van der Waals surface area contributed by atoms with Gasteiger partial charge in [0.25, 0.3) is 5.91 Å². The van der Waals surface area contributed by atoms with Gasteiger partial charge in [0.15, 0.2) is 0 Å². The van der Waals surface area contributed by atoms with Gasteiger partial charge in [0, 0.05) is 18.0 Å². The quantitative estimate of drug-likeness (QED) is 0.808. The minimum absolute atomic E-state index is 0.0720. The first-order valence-electron chi connectivity index (χ1n) is 4.74. The molecule has 1 unspecified atom stereocenters. The van der Waals surface area contributed by atoms with Crippen molar-refractivity contribution in [2.45, 2.75) is 19.4 Å². The van der Waals surface area contributed by atoms with Crippen LogP contribution in [0.4, 0.5) is 4.39 Å². The van der Waals surface area contributed by atoms with Crippen LogP contribution < -0.4 is 5.32 Å². The van der Waals surface area contributed by atoms with Gasteiger partial charge in [-0.05, 0) is 25.1 Å².